The first-order valence-corrected chi connectivity index (χ1v) is 7.77. The van der Waals surface area contributed by atoms with E-state index >= 15 is 0 Å². The third-order valence-electron chi connectivity index (χ3n) is 4.52. The number of rotatable bonds is 4. The Hall–Kier alpha value is -1.09. The maximum absolute atomic E-state index is 9.71. The number of pyridine rings is 1. The summed E-state index contributed by atoms with van der Waals surface area (Å²) in [6.07, 6.45) is 7.97. The highest BCUT2D eigenvalue weighted by Crippen LogP contribution is 2.35. The minimum atomic E-state index is 0.0582. The number of hydrogen-bond donors (Lipinski definition) is 2. The van der Waals surface area contributed by atoms with Crippen LogP contribution in [0.4, 0.5) is 5.82 Å². The minimum absolute atomic E-state index is 0.0582. The minimum Gasteiger partial charge on any atom is -0.396 e. The van der Waals surface area contributed by atoms with E-state index in [4.69, 9.17) is 0 Å². The van der Waals surface area contributed by atoms with Crippen LogP contribution in [-0.4, -0.2) is 23.2 Å². The Morgan fingerprint density at radius 3 is 2.40 bits per heavy atom. The molecule has 1 aromatic heterocycles. The molecule has 20 heavy (non-hydrogen) atoms. The van der Waals surface area contributed by atoms with Gasteiger partial charge in [0.1, 0.15) is 5.82 Å². The lowest BCUT2D eigenvalue weighted by Gasteiger charge is -2.35. The molecule has 1 aromatic rings. The molecule has 3 heteroatoms. The summed E-state index contributed by atoms with van der Waals surface area (Å²) in [5.41, 5.74) is 1.45. The van der Waals surface area contributed by atoms with Gasteiger partial charge in [-0.2, -0.15) is 0 Å². The van der Waals surface area contributed by atoms with Gasteiger partial charge in [-0.05, 0) is 29.9 Å². The Morgan fingerprint density at radius 2 is 1.90 bits per heavy atom. The summed E-state index contributed by atoms with van der Waals surface area (Å²) in [7, 11) is 0. The van der Waals surface area contributed by atoms with E-state index in [9.17, 15) is 5.11 Å². The normalized spacial score (nSPS) is 18.8. The van der Waals surface area contributed by atoms with E-state index in [1.807, 2.05) is 6.20 Å². The molecule has 0 atom stereocenters. The zero-order valence-electron chi connectivity index (χ0n) is 13.1. The molecule has 1 heterocycles. The van der Waals surface area contributed by atoms with Crippen molar-refractivity contribution in [3.8, 4) is 0 Å². The van der Waals surface area contributed by atoms with Crippen molar-refractivity contribution in [2.45, 2.75) is 58.3 Å². The van der Waals surface area contributed by atoms with Gasteiger partial charge in [-0.15, -0.1) is 0 Å². The number of anilines is 1. The third kappa shape index (κ3) is 3.72. The highest BCUT2D eigenvalue weighted by atomic mass is 16.3. The van der Waals surface area contributed by atoms with Crippen molar-refractivity contribution in [2.75, 3.05) is 18.5 Å². The molecule has 0 spiro atoms. The van der Waals surface area contributed by atoms with Gasteiger partial charge in [0.15, 0.2) is 0 Å². The van der Waals surface area contributed by atoms with Crippen molar-refractivity contribution in [2.24, 2.45) is 5.41 Å². The molecule has 112 valence electrons. The van der Waals surface area contributed by atoms with E-state index in [0.29, 0.717) is 0 Å². The van der Waals surface area contributed by atoms with Crippen molar-refractivity contribution in [3.63, 3.8) is 0 Å². The second kappa shape index (κ2) is 6.13. The molecule has 0 radical (unpaired) electrons. The van der Waals surface area contributed by atoms with Crippen LogP contribution in [0.5, 0.6) is 0 Å². The number of aliphatic hydroxyl groups excluding tert-OH is 1. The molecule has 3 nitrogen and oxygen atoms in total. The molecular weight excluding hydrogens is 248 g/mol. The Kier molecular flexibility index (Phi) is 4.69. The van der Waals surface area contributed by atoms with Crippen molar-refractivity contribution in [3.05, 3.63) is 23.9 Å². The molecule has 0 amide bonds. The van der Waals surface area contributed by atoms with Gasteiger partial charge in [-0.25, -0.2) is 4.98 Å². The van der Waals surface area contributed by atoms with E-state index in [1.54, 1.807) is 0 Å². The summed E-state index contributed by atoms with van der Waals surface area (Å²) in [5.74, 6) is 0.913. The number of aromatic nitrogens is 1. The van der Waals surface area contributed by atoms with E-state index in [1.165, 1.54) is 24.8 Å². The molecule has 1 saturated carbocycles. The second-order valence-electron chi connectivity index (χ2n) is 7.25. The fourth-order valence-corrected chi connectivity index (χ4v) is 2.91. The van der Waals surface area contributed by atoms with Gasteiger partial charge in [0, 0.05) is 18.2 Å². The van der Waals surface area contributed by atoms with Gasteiger partial charge in [-0.1, -0.05) is 46.1 Å². The Labute approximate surface area is 122 Å². The van der Waals surface area contributed by atoms with Gasteiger partial charge in [0.05, 0.1) is 6.61 Å². The van der Waals surface area contributed by atoms with Crippen LogP contribution >= 0.6 is 0 Å². The Bertz CT molecular complexity index is 414. The summed E-state index contributed by atoms with van der Waals surface area (Å²) in [6, 6.07) is 4.19. The number of aliphatic hydroxyl groups is 1. The lowest BCUT2D eigenvalue weighted by molar-refractivity contribution is 0.0943. The third-order valence-corrected chi connectivity index (χ3v) is 4.52. The molecule has 0 saturated heterocycles. The van der Waals surface area contributed by atoms with Crippen LogP contribution in [0.3, 0.4) is 0 Å². The maximum atomic E-state index is 9.71. The van der Waals surface area contributed by atoms with Gasteiger partial charge >= 0.3 is 0 Å². The van der Waals surface area contributed by atoms with Crippen LogP contribution in [0.15, 0.2) is 18.3 Å². The van der Waals surface area contributed by atoms with Crippen molar-refractivity contribution >= 4 is 5.82 Å². The van der Waals surface area contributed by atoms with Gasteiger partial charge < -0.3 is 10.4 Å². The Morgan fingerprint density at radius 1 is 1.20 bits per heavy atom. The summed E-state index contributed by atoms with van der Waals surface area (Å²) in [4.78, 5) is 4.50. The van der Waals surface area contributed by atoms with Crippen LogP contribution in [0.2, 0.25) is 0 Å². The Balaban J connectivity index is 1.96. The highest BCUT2D eigenvalue weighted by Gasteiger charge is 2.31. The largest absolute Gasteiger partial charge is 0.396 e. The molecular formula is C17H28N2O. The molecule has 0 aromatic carbocycles. The summed E-state index contributed by atoms with van der Waals surface area (Å²) in [5, 5.41) is 13.1. The molecule has 2 rings (SSSR count). The van der Waals surface area contributed by atoms with Crippen molar-refractivity contribution < 1.29 is 5.11 Å². The molecule has 1 fully saturated rings. The molecule has 1 aliphatic carbocycles. The standard InChI is InChI=1S/C17H28N2O/c1-16(2,3)14-7-8-15(18-11-14)19-12-17(13-20)9-5-4-6-10-17/h7-8,11,20H,4-6,9-10,12-13H2,1-3H3,(H,18,19). The lowest BCUT2D eigenvalue weighted by atomic mass is 9.74. The first-order valence-electron chi connectivity index (χ1n) is 7.77. The van der Waals surface area contributed by atoms with Crippen LogP contribution in [0, 0.1) is 5.41 Å². The van der Waals surface area contributed by atoms with E-state index in [-0.39, 0.29) is 17.4 Å². The zero-order valence-corrected chi connectivity index (χ0v) is 13.1. The van der Waals surface area contributed by atoms with Crippen LogP contribution < -0.4 is 5.32 Å². The molecule has 0 aliphatic heterocycles. The fraction of sp³-hybridized carbons (Fsp3) is 0.706. The van der Waals surface area contributed by atoms with Crippen LogP contribution in [0.25, 0.3) is 0 Å². The van der Waals surface area contributed by atoms with Crippen molar-refractivity contribution in [1.82, 2.24) is 4.98 Å². The predicted molar refractivity (Wildman–Crippen MR) is 84.0 cm³/mol. The summed E-state index contributed by atoms with van der Waals surface area (Å²) < 4.78 is 0. The average molecular weight is 276 g/mol. The lowest BCUT2D eigenvalue weighted by Crippen LogP contribution is -2.35. The zero-order chi connectivity index (χ0) is 14.6. The number of nitrogens with one attached hydrogen (secondary N) is 1. The molecule has 0 bridgehead atoms. The van der Waals surface area contributed by atoms with E-state index in [0.717, 1.165) is 25.2 Å². The highest BCUT2D eigenvalue weighted by molar-refractivity contribution is 5.37. The number of nitrogens with zero attached hydrogens (tertiary/aromatic N) is 1. The van der Waals surface area contributed by atoms with E-state index < -0.39 is 0 Å². The summed E-state index contributed by atoms with van der Waals surface area (Å²) >= 11 is 0. The monoisotopic (exact) mass is 276 g/mol. The second-order valence-corrected chi connectivity index (χ2v) is 7.25. The van der Waals surface area contributed by atoms with Gasteiger partial charge in [-0.3, -0.25) is 0 Å². The van der Waals surface area contributed by atoms with Crippen LogP contribution in [-0.2, 0) is 5.41 Å². The van der Waals surface area contributed by atoms with Crippen molar-refractivity contribution in [1.29, 1.82) is 0 Å². The van der Waals surface area contributed by atoms with Gasteiger partial charge in [0.2, 0.25) is 0 Å². The predicted octanol–water partition coefficient (Wildman–Crippen LogP) is 3.73. The molecule has 0 unspecified atom stereocenters. The average Bonchev–Trinajstić information content (AvgIpc) is 2.46. The first-order chi connectivity index (χ1) is 9.45. The van der Waals surface area contributed by atoms with Crippen LogP contribution in [0.1, 0.15) is 58.4 Å². The van der Waals surface area contributed by atoms with E-state index in [2.05, 4.69) is 43.2 Å². The maximum Gasteiger partial charge on any atom is 0.125 e. The first kappa shape index (κ1) is 15.3. The molecule has 1 aliphatic rings. The SMILES string of the molecule is CC(C)(C)c1ccc(NCC2(CO)CCCCC2)nc1. The van der Waals surface area contributed by atoms with Gasteiger partial charge in [0.25, 0.3) is 0 Å². The smallest absolute Gasteiger partial charge is 0.125 e. The number of hydrogen-bond acceptors (Lipinski definition) is 3. The quantitative estimate of drug-likeness (QED) is 0.880. The summed E-state index contributed by atoms with van der Waals surface area (Å²) in [6.45, 7) is 7.69. The fourth-order valence-electron chi connectivity index (χ4n) is 2.91. The molecule has 2 N–H and O–H groups in total. The topological polar surface area (TPSA) is 45.1 Å².